The number of carbonyl (C=O) groups is 1. The monoisotopic (exact) mass is 245 g/mol. The van der Waals surface area contributed by atoms with Crippen molar-refractivity contribution in [2.45, 2.75) is 25.9 Å². The summed E-state index contributed by atoms with van der Waals surface area (Å²) in [5, 5.41) is 12.0. The number of amides is 1. The molecule has 0 atom stereocenters. The van der Waals surface area contributed by atoms with Gasteiger partial charge in [-0.15, -0.1) is 0 Å². The Bertz CT molecular complexity index is 430. The van der Waals surface area contributed by atoms with Crippen molar-refractivity contribution in [3.63, 3.8) is 0 Å². The van der Waals surface area contributed by atoms with Crippen LogP contribution in [-0.2, 0) is 4.79 Å². The molecule has 0 aliphatic heterocycles. The van der Waals surface area contributed by atoms with Gasteiger partial charge in [-0.05, 0) is 37.3 Å². The topological polar surface area (TPSA) is 49.3 Å². The van der Waals surface area contributed by atoms with Crippen LogP contribution in [0.2, 0.25) is 0 Å². The lowest BCUT2D eigenvalue weighted by molar-refractivity contribution is -0.117. The summed E-state index contributed by atoms with van der Waals surface area (Å²) >= 11 is 0. The molecule has 0 radical (unpaired) electrons. The number of hydrogen-bond donors (Lipinski definition) is 2. The van der Waals surface area contributed by atoms with Gasteiger partial charge in [0.1, 0.15) is 0 Å². The maximum atomic E-state index is 11.5. The van der Waals surface area contributed by atoms with Crippen molar-refractivity contribution in [2.75, 3.05) is 6.54 Å². The lowest BCUT2D eigenvalue weighted by atomic mass is 9.82. The Morgan fingerprint density at radius 2 is 2.06 bits per heavy atom. The zero-order valence-electron chi connectivity index (χ0n) is 10.6. The summed E-state index contributed by atoms with van der Waals surface area (Å²) in [7, 11) is 0. The largest absolute Gasteiger partial charge is 0.393 e. The minimum Gasteiger partial charge on any atom is -0.393 e. The summed E-state index contributed by atoms with van der Waals surface area (Å²) in [5.74, 6) is 0.369. The smallest absolute Gasteiger partial charge is 0.244 e. The van der Waals surface area contributed by atoms with Crippen LogP contribution in [0, 0.1) is 12.8 Å². The minimum atomic E-state index is -0.157. The van der Waals surface area contributed by atoms with Gasteiger partial charge in [-0.25, -0.2) is 0 Å². The van der Waals surface area contributed by atoms with Gasteiger partial charge < -0.3 is 10.4 Å². The van der Waals surface area contributed by atoms with E-state index in [0.29, 0.717) is 12.5 Å². The Labute approximate surface area is 108 Å². The van der Waals surface area contributed by atoms with Crippen LogP contribution in [0.25, 0.3) is 6.08 Å². The Morgan fingerprint density at radius 3 is 2.67 bits per heavy atom. The number of benzene rings is 1. The van der Waals surface area contributed by atoms with Crippen molar-refractivity contribution < 1.29 is 9.90 Å². The van der Waals surface area contributed by atoms with Gasteiger partial charge in [-0.3, -0.25) is 4.79 Å². The van der Waals surface area contributed by atoms with Gasteiger partial charge in [0.05, 0.1) is 6.10 Å². The van der Waals surface area contributed by atoms with E-state index in [2.05, 4.69) is 5.32 Å². The molecule has 0 heterocycles. The second kappa shape index (κ2) is 5.83. The quantitative estimate of drug-likeness (QED) is 0.796. The molecule has 1 fully saturated rings. The Hall–Kier alpha value is -1.61. The first-order valence-corrected chi connectivity index (χ1v) is 6.34. The van der Waals surface area contributed by atoms with Gasteiger partial charge in [-0.2, -0.15) is 0 Å². The van der Waals surface area contributed by atoms with E-state index in [4.69, 9.17) is 5.11 Å². The van der Waals surface area contributed by atoms with Gasteiger partial charge in [0.15, 0.2) is 0 Å². The summed E-state index contributed by atoms with van der Waals surface area (Å²) in [4.78, 5) is 11.5. The molecular formula is C15H19NO2. The fourth-order valence-corrected chi connectivity index (χ4v) is 2.02. The molecule has 1 aliphatic carbocycles. The van der Waals surface area contributed by atoms with Crippen molar-refractivity contribution >= 4 is 12.0 Å². The van der Waals surface area contributed by atoms with Crippen molar-refractivity contribution in [1.29, 1.82) is 0 Å². The summed E-state index contributed by atoms with van der Waals surface area (Å²) in [5.41, 5.74) is 2.23. The predicted octanol–water partition coefficient (Wildman–Crippen LogP) is 1.90. The first-order chi connectivity index (χ1) is 8.63. The molecule has 3 heteroatoms. The molecular weight excluding hydrogens is 226 g/mol. The first-order valence-electron chi connectivity index (χ1n) is 6.34. The van der Waals surface area contributed by atoms with Crippen LogP contribution in [0.5, 0.6) is 0 Å². The summed E-state index contributed by atoms with van der Waals surface area (Å²) in [6, 6.07) is 8.02. The van der Waals surface area contributed by atoms with Gasteiger partial charge in [0.25, 0.3) is 0 Å². The number of aryl methyl sites for hydroxylation is 1. The minimum absolute atomic E-state index is 0.0723. The van der Waals surface area contributed by atoms with Crippen molar-refractivity contribution in [3.8, 4) is 0 Å². The predicted molar refractivity (Wildman–Crippen MR) is 72.0 cm³/mol. The van der Waals surface area contributed by atoms with E-state index in [-0.39, 0.29) is 12.0 Å². The van der Waals surface area contributed by atoms with E-state index in [1.165, 1.54) is 5.56 Å². The average Bonchev–Trinajstić information content (AvgIpc) is 2.32. The third-order valence-corrected chi connectivity index (χ3v) is 3.28. The van der Waals surface area contributed by atoms with E-state index in [1.807, 2.05) is 37.3 Å². The highest BCUT2D eigenvalue weighted by atomic mass is 16.3. The average molecular weight is 245 g/mol. The van der Waals surface area contributed by atoms with Crippen LogP contribution in [0.15, 0.2) is 30.3 Å². The standard InChI is InChI=1S/C15H19NO2/c1-11-2-4-12(5-3-11)6-7-15(18)16-10-13-8-14(17)9-13/h2-7,13-14,17H,8-10H2,1H3,(H,16,18). The summed E-state index contributed by atoms with van der Waals surface area (Å²) < 4.78 is 0. The summed E-state index contributed by atoms with van der Waals surface area (Å²) in [6.45, 7) is 2.70. The molecule has 0 aromatic heterocycles. The van der Waals surface area contributed by atoms with Gasteiger partial charge >= 0.3 is 0 Å². The van der Waals surface area contributed by atoms with Crippen LogP contribution >= 0.6 is 0 Å². The van der Waals surface area contributed by atoms with Crippen molar-refractivity contribution in [2.24, 2.45) is 5.92 Å². The second-order valence-electron chi connectivity index (χ2n) is 4.98. The zero-order chi connectivity index (χ0) is 13.0. The number of nitrogens with one attached hydrogen (secondary N) is 1. The van der Waals surface area contributed by atoms with Crippen molar-refractivity contribution in [1.82, 2.24) is 5.32 Å². The highest BCUT2D eigenvalue weighted by molar-refractivity contribution is 5.91. The molecule has 2 N–H and O–H groups in total. The fraction of sp³-hybridized carbons (Fsp3) is 0.400. The molecule has 0 bridgehead atoms. The third kappa shape index (κ3) is 3.70. The molecule has 1 amide bonds. The maximum absolute atomic E-state index is 11.5. The molecule has 0 unspecified atom stereocenters. The van der Waals surface area contributed by atoms with E-state index in [1.54, 1.807) is 6.08 Å². The van der Waals surface area contributed by atoms with Gasteiger partial charge in [-0.1, -0.05) is 29.8 Å². The highest BCUT2D eigenvalue weighted by Crippen LogP contribution is 2.25. The number of carbonyl (C=O) groups excluding carboxylic acids is 1. The highest BCUT2D eigenvalue weighted by Gasteiger charge is 2.26. The lowest BCUT2D eigenvalue weighted by Crippen LogP contribution is -2.37. The molecule has 0 spiro atoms. The molecule has 1 aromatic rings. The van der Waals surface area contributed by atoms with Crippen LogP contribution in [0.3, 0.4) is 0 Å². The second-order valence-corrected chi connectivity index (χ2v) is 4.98. The molecule has 1 saturated carbocycles. The van der Waals surface area contributed by atoms with Crippen molar-refractivity contribution in [3.05, 3.63) is 41.5 Å². The van der Waals surface area contributed by atoms with Crippen LogP contribution in [0.4, 0.5) is 0 Å². The Kier molecular flexibility index (Phi) is 4.15. The number of aliphatic hydroxyl groups is 1. The zero-order valence-corrected chi connectivity index (χ0v) is 10.6. The van der Waals surface area contributed by atoms with Crippen LogP contribution in [0.1, 0.15) is 24.0 Å². The maximum Gasteiger partial charge on any atom is 0.244 e. The SMILES string of the molecule is Cc1ccc(C=CC(=O)NCC2CC(O)C2)cc1. The van der Waals surface area contributed by atoms with Gasteiger partial charge in [0.2, 0.25) is 5.91 Å². The Balaban J connectivity index is 1.74. The van der Waals surface area contributed by atoms with Gasteiger partial charge in [0, 0.05) is 12.6 Å². The molecule has 0 saturated heterocycles. The number of hydrogen-bond acceptors (Lipinski definition) is 2. The van der Waals surface area contributed by atoms with E-state index >= 15 is 0 Å². The lowest BCUT2D eigenvalue weighted by Gasteiger charge is -2.31. The molecule has 3 nitrogen and oxygen atoms in total. The van der Waals surface area contributed by atoms with E-state index in [0.717, 1.165) is 18.4 Å². The molecule has 2 rings (SSSR count). The summed E-state index contributed by atoms with van der Waals surface area (Å²) in [6.07, 6.45) is 4.82. The normalized spacial score (nSPS) is 22.8. The third-order valence-electron chi connectivity index (χ3n) is 3.28. The molecule has 1 aromatic carbocycles. The van der Waals surface area contributed by atoms with E-state index < -0.39 is 0 Å². The van der Waals surface area contributed by atoms with Crippen LogP contribution in [-0.4, -0.2) is 23.7 Å². The molecule has 96 valence electrons. The van der Waals surface area contributed by atoms with Crippen LogP contribution < -0.4 is 5.32 Å². The first kappa shape index (κ1) is 12.8. The van der Waals surface area contributed by atoms with E-state index in [9.17, 15) is 4.79 Å². The molecule has 1 aliphatic rings. The number of rotatable bonds is 4. The Morgan fingerprint density at radius 1 is 1.39 bits per heavy atom. The molecule has 18 heavy (non-hydrogen) atoms. The fourth-order valence-electron chi connectivity index (χ4n) is 2.02. The number of aliphatic hydroxyl groups excluding tert-OH is 1.